The molecule has 13 heteroatoms. The van der Waals surface area contributed by atoms with Crippen molar-refractivity contribution < 1.29 is 28.4 Å². The number of likely N-dealkylation sites (N-methyl/N-ethyl adjacent to an activating group) is 1. The number of hydrogen-bond acceptors (Lipinski definition) is 8. The van der Waals surface area contributed by atoms with Gasteiger partial charge in [-0.05, 0) is 80.7 Å². The van der Waals surface area contributed by atoms with Gasteiger partial charge in [-0.25, -0.2) is 0 Å². The van der Waals surface area contributed by atoms with Crippen molar-refractivity contribution in [3.63, 3.8) is 0 Å². The average Bonchev–Trinajstić information content (AvgIpc) is 3.73. The van der Waals surface area contributed by atoms with Crippen LogP contribution in [0.5, 0.6) is 0 Å². The molecule has 0 bridgehead atoms. The molecule has 0 radical (unpaired) electrons. The number of hydrogen-bond donors (Lipinski definition) is 5. The van der Waals surface area contributed by atoms with Gasteiger partial charge in [0.25, 0.3) is 0 Å². The summed E-state index contributed by atoms with van der Waals surface area (Å²) in [5.41, 5.74) is 14.6. The third kappa shape index (κ3) is 13.8. The fourth-order valence-electron chi connectivity index (χ4n) is 6.83. The van der Waals surface area contributed by atoms with E-state index in [-0.39, 0.29) is 30.2 Å². The Hall–Kier alpha value is -5.27. The van der Waals surface area contributed by atoms with E-state index in [4.69, 9.17) is 15.9 Å². The Morgan fingerprint density at radius 3 is 2.00 bits per heavy atom. The van der Waals surface area contributed by atoms with E-state index in [1.54, 1.807) is 41.5 Å². The minimum Gasteiger partial charge on any atom is -0.472 e. The zero-order chi connectivity index (χ0) is 40.5. The van der Waals surface area contributed by atoms with Crippen molar-refractivity contribution in [2.45, 2.75) is 95.4 Å². The number of carbonyl (C=O) groups excluding carboxylic acids is 5. The molecule has 0 unspecified atom stereocenters. The molecular weight excluding hydrogens is 711 g/mol. The monoisotopic (exact) mass is 769 g/mol. The molecule has 4 atom stereocenters. The number of nitrogens with one attached hydrogen (secondary N) is 3. The van der Waals surface area contributed by atoms with Gasteiger partial charge in [-0.3, -0.25) is 24.0 Å². The molecule has 56 heavy (non-hydrogen) atoms. The van der Waals surface area contributed by atoms with E-state index in [1.165, 1.54) is 6.08 Å². The lowest BCUT2D eigenvalue weighted by Gasteiger charge is -2.38. The van der Waals surface area contributed by atoms with Crippen molar-refractivity contribution in [1.82, 2.24) is 25.8 Å². The first-order valence-electron chi connectivity index (χ1n) is 19.7. The molecule has 7 N–H and O–H groups in total. The second kappa shape index (κ2) is 22.3. The number of furan rings is 1. The summed E-state index contributed by atoms with van der Waals surface area (Å²) in [7, 11) is 1.76. The van der Waals surface area contributed by atoms with E-state index < -0.39 is 41.9 Å². The summed E-state index contributed by atoms with van der Waals surface area (Å²) in [4.78, 5) is 71.7. The standard InChI is InChI=1S/C43H59N7O6/c1-30(2)26-37(48-42(54)38(28-32-14-8-5-9-15-32)47-40(52)35(45)27-31-12-6-4-7-13-31)41(53)46-36(16-10-11-22-44)43(55)50-23-19-34(20-24-50)49(3)39(51)18-17-33-21-25-56-29-33/h4-9,12-15,17-18,21,25,29-30,34-38H,10-11,16,19-20,22-24,26-28,44-45H2,1-3H3,(H,46,53)(H,47,52)(H,48,54)/b18-17+/t35-,36-,37-,38-/m1/s1. The van der Waals surface area contributed by atoms with Crippen molar-refractivity contribution in [2.24, 2.45) is 17.4 Å². The average molecular weight is 770 g/mol. The van der Waals surface area contributed by atoms with Crippen molar-refractivity contribution in [2.75, 3.05) is 26.7 Å². The van der Waals surface area contributed by atoms with Crippen LogP contribution in [0, 0.1) is 5.92 Å². The molecule has 1 aromatic heterocycles. The molecule has 3 aromatic rings. The lowest BCUT2D eigenvalue weighted by Crippen LogP contribution is -2.59. The van der Waals surface area contributed by atoms with Crippen LogP contribution in [0.15, 0.2) is 89.7 Å². The quantitative estimate of drug-likeness (QED) is 0.0855. The van der Waals surface area contributed by atoms with Gasteiger partial charge in [0.2, 0.25) is 29.5 Å². The first-order valence-corrected chi connectivity index (χ1v) is 19.7. The molecule has 1 saturated heterocycles. The highest BCUT2D eigenvalue weighted by molar-refractivity contribution is 5.95. The summed E-state index contributed by atoms with van der Waals surface area (Å²) >= 11 is 0. The van der Waals surface area contributed by atoms with Crippen molar-refractivity contribution in [1.29, 1.82) is 0 Å². The number of carbonyl (C=O) groups is 5. The van der Waals surface area contributed by atoms with E-state index >= 15 is 0 Å². The maximum Gasteiger partial charge on any atom is 0.246 e. The molecule has 1 fully saturated rings. The summed E-state index contributed by atoms with van der Waals surface area (Å²) in [5.74, 6) is -1.81. The molecule has 1 aliphatic heterocycles. The molecule has 13 nitrogen and oxygen atoms in total. The number of rotatable bonds is 20. The minimum atomic E-state index is -1.01. The molecule has 302 valence electrons. The number of benzene rings is 2. The van der Waals surface area contributed by atoms with Crippen LogP contribution in [0.25, 0.3) is 6.08 Å². The third-order valence-electron chi connectivity index (χ3n) is 10.1. The Labute approximate surface area is 330 Å². The summed E-state index contributed by atoms with van der Waals surface area (Å²) in [6, 6.07) is 16.7. The smallest absolute Gasteiger partial charge is 0.246 e. The SMILES string of the molecule is CC(C)C[C@@H](NC(=O)[C@@H](Cc1ccccc1)NC(=O)[C@H](N)Cc1ccccc1)C(=O)N[C@H](CCCCN)C(=O)N1CCC(N(C)C(=O)/C=C/c2ccoc2)CC1. The van der Waals surface area contributed by atoms with Gasteiger partial charge in [0, 0.05) is 44.2 Å². The van der Waals surface area contributed by atoms with Gasteiger partial charge in [-0.15, -0.1) is 0 Å². The van der Waals surface area contributed by atoms with Gasteiger partial charge in [0.15, 0.2) is 0 Å². The normalized spacial score (nSPS) is 15.5. The van der Waals surface area contributed by atoms with Gasteiger partial charge < -0.3 is 41.6 Å². The van der Waals surface area contributed by atoms with Crippen molar-refractivity contribution in [3.8, 4) is 0 Å². The van der Waals surface area contributed by atoms with Gasteiger partial charge in [0.1, 0.15) is 18.1 Å². The molecule has 5 amide bonds. The lowest BCUT2D eigenvalue weighted by molar-refractivity contribution is -0.139. The van der Waals surface area contributed by atoms with E-state index in [2.05, 4.69) is 16.0 Å². The van der Waals surface area contributed by atoms with Crippen LogP contribution in [0.3, 0.4) is 0 Å². The first kappa shape index (κ1) is 43.5. The lowest BCUT2D eigenvalue weighted by atomic mass is 9.99. The number of piperidine rings is 1. The fraction of sp³-hybridized carbons (Fsp3) is 0.465. The minimum absolute atomic E-state index is 0.0205. The molecule has 4 rings (SSSR count). The summed E-state index contributed by atoms with van der Waals surface area (Å²) in [5, 5.41) is 8.71. The highest BCUT2D eigenvalue weighted by Crippen LogP contribution is 2.19. The first-order chi connectivity index (χ1) is 26.9. The number of nitrogens with two attached hydrogens (primary N) is 2. The van der Waals surface area contributed by atoms with Gasteiger partial charge in [-0.1, -0.05) is 74.5 Å². The Morgan fingerprint density at radius 2 is 1.41 bits per heavy atom. The Kier molecular flexibility index (Phi) is 17.3. The van der Waals surface area contributed by atoms with Crippen molar-refractivity contribution >= 4 is 35.6 Å². The van der Waals surface area contributed by atoms with Crippen LogP contribution < -0.4 is 27.4 Å². The molecule has 0 saturated carbocycles. The van der Waals surface area contributed by atoms with E-state index in [0.717, 1.165) is 16.7 Å². The van der Waals surface area contributed by atoms with E-state index in [9.17, 15) is 24.0 Å². The number of likely N-dealkylation sites (tertiary alicyclic amines) is 1. The van der Waals surface area contributed by atoms with Crippen LogP contribution in [-0.2, 0) is 36.8 Å². The Balaban J connectivity index is 1.43. The number of nitrogens with zero attached hydrogens (tertiary/aromatic N) is 2. The molecule has 0 aliphatic carbocycles. The Morgan fingerprint density at radius 1 is 0.821 bits per heavy atom. The highest BCUT2D eigenvalue weighted by atomic mass is 16.3. The van der Waals surface area contributed by atoms with Crippen LogP contribution in [0.4, 0.5) is 0 Å². The Bertz CT molecular complexity index is 1710. The summed E-state index contributed by atoms with van der Waals surface area (Å²) < 4.78 is 5.06. The summed E-state index contributed by atoms with van der Waals surface area (Å²) in [6.07, 6.45) is 9.97. The van der Waals surface area contributed by atoms with Crippen molar-refractivity contribution in [3.05, 3.63) is 102 Å². The van der Waals surface area contributed by atoms with Crippen LogP contribution >= 0.6 is 0 Å². The number of amides is 5. The predicted molar refractivity (Wildman–Crippen MR) is 217 cm³/mol. The second-order valence-electron chi connectivity index (χ2n) is 15.0. The van der Waals surface area contributed by atoms with E-state index in [1.807, 2.05) is 74.5 Å². The third-order valence-corrected chi connectivity index (χ3v) is 10.1. The molecule has 0 spiro atoms. The van der Waals surface area contributed by atoms with E-state index in [0.29, 0.717) is 64.6 Å². The van der Waals surface area contributed by atoms with Gasteiger partial charge >= 0.3 is 0 Å². The van der Waals surface area contributed by atoms with Crippen LogP contribution in [0.1, 0.15) is 69.1 Å². The zero-order valence-corrected chi connectivity index (χ0v) is 32.9. The largest absolute Gasteiger partial charge is 0.472 e. The number of unbranched alkanes of at least 4 members (excludes halogenated alkanes) is 1. The zero-order valence-electron chi connectivity index (χ0n) is 32.9. The topological polar surface area (TPSA) is 193 Å². The molecule has 1 aliphatic rings. The van der Waals surface area contributed by atoms with Crippen LogP contribution in [0.2, 0.25) is 0 Å². The van der Waals surface area contributed by atoms with Crippen LogP contribution in [-0.4, -0.2) is 96.2 Å². The maximum atomic E-state index is 14.0. The summed E-state index contributed by atoms with van der Waals surface area (Å²) in [6.45, 7) is 5.19. The molecule has 2 heterocycles. The van der Waals surface area contributed by atoms with Gasteiger partial charge in [0.05, 0.1) is 18.6 Å². The predicted octanol–water partition coefficient (Wildman–Crippen LogP) is 3.18. The fourth-order valence-corrected chi connectivity index (χ4v) is 6.83. The molecular formula is C43H59N7O6. The maximum absolute atomic E-state index is 14.0. The molecule has 2 aromatic carbocycles. The highest BCUT2D eigenvalue weighted by Gasteiger charge is 2.34. The van der Waals surface area contributed by atoms with Gasteiger partial charge in [-0.2, -0.15) is 0 Å². The second-order valence-corrected chi connectivity index (χ2v) is 15.0.